The molecule has 1 aromatic heterocycles. The Kier molecular flexibility index (Phi) is 6.71. The third-order valence-corrected chi connectivity index (χ3v) is 10.8. The molecule has 2 aliphatic carbocycles. The standard InChI is InChI=1S/C45H28N4S/c1-3-13-28(14-4-1)31-18-9-11-21-36(31)43-44(37-22-12-10-19-32(37)29-15-5-2-6-16-29)46-49-47-45(43)41-26-40-35-24-23-34-33-20-8-7-17-30(33)25-38(34)39(35)27-42(40)50-48-41/h1-24,26-27H,25H2. The number of hydrogen-bond donors (Lipinski definition) is 0. The molecule has 234 valence electrons. The molecule has 4 nitrogen and oxygen atoms in total. The van der Waals surface area contributed by atoms with Gasteiger partial charge in [0.05, 0.1) is 4.88 Å². The highest BCUT2D eigenvalue weighted by Gasteiger charge is 2.27. The fourth-order valence-corrected chi connectivity index (χ4v) is 8.42. The number of fused-ring (bicyclic) bond motifs is 7. The molecule has 5 heteroatoms. The van der Waals surface area contributed by atoms with Gasteiger partial charge in [0.1, 0.15) is 17.1 Å². The van der Waals surface area contributed by atoms with E-state index in [1.807, 2.05) is 12.1 Å². The van der Waals surface area contributed by atoms with Gasteiger partial charge in [-0.1, -0.05) is 146 Å². The maximum absolute atomic E-state index is 5.12. The van der Waals surface area contributed by atoms with Crippen molar-refractivity contribution in [2.24, 2.45) is 0 Å². The fraction of sp³-hybridized carbons (Fsp3) is 0.0222. The molecule has 0 amide bonds. The van der Waals surface area contributed by atoms with Crippen molar-refractivity contribution in [1.82, 2.24) is 19.8 Å². The maximum atomic E-state index is 5.12. The molecule has 0 unspecified atom stereocenters. The van der Waals surface area contributed by atoms with E-state index < -0.39 is 0 Å². The lowest BCUT2D eigenvalue weighted by Gasteiger charge is -2.18. The Bertz CT molecular complexity index is 2680. The zero-order valence-corrected chi connectivity index (χ0v) is 27.7. The highest BCUT2D eigenvalue weighted by molar-refractivity contribution is 7.09. The third-order valence-electron chi connectivity index (χ3n) is 9.94. The first-order valence-corrected chi connectivity index (χ1v) is 17.6. The topological polar surface area (TPSA) is 51.6 Å². The molecule has 0 spiro atoms. The first-order valence-electron chi connectivity index (χ1n) is 16.8. The van der Waals surface area contributed by atoms with E-state index in [0.29, 0.717) is 5.69 Å². The van der Waals surface area contributed by atoms with Crippen molar-refractivity contribution in [3.8, 4) is 77.6 Å². The summed E-state index contributed by atoms with van der Waals surface area (Å²) in [5.74, 6) is 0. The van der Waals surface area contributed by atoms with Crippen molar-refractivity contribution in [1.29, 1.82) is 0 Å². The van der Waals surface area contributed by atoms with Gasteiger partial charge in [0.15, 0.2) is 0 Å². The van der Waals surface area contributed by atoms with Gasteiger partial charge >= 0.3 is 0 Å². The SMILES string of the molecule is c1ccc(-c2ccccc2-c2nnnc(-c3cc4c5ccc6c(c5cc-4sn3)Cc3ccccc3-6)c2-c2ccccc2-c2ccccc2)cc1. The molecule has 7 aromatic rings. The molecular weight excluding hydrogens is 629 g/mol. The van der Waals surface area contributed by atoms with Gasteiger partial charge in [-0.25, -0.2) is 0 Å². The predicted molar refractivity (Wildman–Crippen MR) is 205 cm³/mol. The monoisotopic (exact) mass is 656 g/mol. The summed E-state index contributed by atoms with van der Waals surface area (Å²) in [5, 5.41) is 16.6. The maximum Gasteiger partial charge on any atom is 0.124 e. The Morgan fingerprint density at radius 2 is 1.04 bits per heavy atom. The minimum atomic E-state index is 0.710. The first kappa shape index (κ1) is 28.7. The van der Waals surface area contributed by atoms with Crippen LogP contribution in [0.4, 0.5) is 0 Å². The molecule has 50 heavy (non-hydrogen) atoms. The summed E-state index contributed by atoms with van der Waals surface area (Å²) >= 11 is 1.52. The van der Waals surface area contributed by atoms with Gasteiger partial charge in [-0.3, -0.25) is 0 Å². The van der Waals surface area contributed by atoms with Gasteiger partial charge in [0.25, 0.3) is 0 Å². The molecular formula is C45H28N4S. The van der Waals surface area contributed by atoms with E-state index >= 15 is 0 Å². The van der Waals surface area contributed by atoms with Crippen LogP contribution in [-0.4, -0.2) is 19.8 Å². The second kappa shape index (κ2) is 11.7. The van der Waals surface area contributed by atoms with E-state index in [0.717, 1.165) is 61.6 Å². The number of hydrogen-bond acceptors (Lipinski definition) is 5. The smallest absolute Gasteiger partial charge is 0.124 e. The first-order chi connectivity index (χ1) is 24.8. The zero-order valence-electron chi connectivity index (χ0n) is 26.9. The lowest BCUT2D eigenvalue weighted by molar-refractivity contribution is 0.877. The molecule has 2 heterocycles. The summed E-state index contributed by atoms with van der Waals surface area (Å²) in [6.45, 7) is 0. The number of aromatic nitrogens is 4. The molecule has 0 saturated heterocycles. The average Bonchev–Trinajstić information content (AvgIpc) is 3.77. The molecule has 0 atom stereocenters. The molecule has 6 aromatic carbocycles. The minimum absolute atomic E-state index is 0.710. The van der Waals surface area contributed by atoms with Gasteiger partial charge in [0.2, 0.25) is 0 Å². The van der Waals surface area contributed by atoms with Crippen LogP contribution in [0.15, 0.2) is 158 Å². The Balaban J connectivity index is 1.23. The predicted octanol–water partition coefficient (Wildman–Crippen LogP) is 11.5. The van der Waals surface area contributed by atoms with E-state index in [4.69, 9.17) is 14.6 Å². The molecule has 10 rings (SSSR count). The minimum Gasteiger partial charge on any atom is -0.190 e. The zero-order chi connectivity index (χ0) is 33.0. The van der Waals surface area contributed by atoms with Crippen molar-refractivity contribution in [3.63, 3.8) is 0 Å². The van der Waals surface area contributed by atoms with Crippen LogP contribution in [0.1, 0.15) is 11.1 Å². The average molecular weight is 657 g/mol. The molecule has 1 aliphatic heterocycles. The second-order valence-corrected chi connectivity index (χ2v) is 13.5. The Labute approximate surface area is 293 Å². The van der Waals surface area contributed by atoms with Gasteiger partial charge in [0, 0.05) is 16.7 Å². The van der Waals surface area contributed by atoms with Gasteiger partial charge in [-0.05, 0) is 96.1 Å². The van der Waals surface area contributed by atoms with Crippen molar-refractivity contribution in [3.05, 3.63) is 169 Å². The van der Waals surface area contributed by atoms with Crippen molar-refractivity contribution < 1.29 is 0 Å². The molecule has 0 N–H and O–H groups in total. The molecule has 0 radical (unpaired) electrons. The molecule has 0 saturated carbocycles. The number of rotatable bonds is 5. The summed E-state index contributed by atoms with van der Waals surface area (Å²) in [6, 6.07) is 55.7. The second-order valence-electron chi connectivity index (χ2n) is 12.7. The van der Waals surface area contributed by atoms with Crippen molar-refractivity contribution in [2.45, 2.75) is 6.42 Å². The largest absolute Gasteiger partial charge is 0.190 e. The number of benzene rings is 6. The number of nitrogens with zero attached hydrogens (tertiary/aromatic N) is 4. The lowest BCUT2D eigenvalue weighted by Crippen LogP contribution is -2.03. The van der Waals surface area contributed by atoms with Crippen LogP contribution < -0.4 is 0 Å². The van der Waals surface area contributed by atoms with Crippen LogP contribution in [0.3, 0.4) is 0 Å². The van der Waals surface area contributed by atoms with E-state index in [2.05, 4.69) is 151 Å². The molecule has 0 fully saturated rings. The van der Waals surface area contributed by atoms with Gasteiger partial charge in [-0.2, -0.15) is 4.37 Å². The van der Waals surface area contributed by atoms with Crippen LogP contribution in [0.25, 0.3) is 88.4 Å². The highest BCUT2D eigenvalue weighted by atomic mass is 32.1. The van der Waals surface area contributed by atoms with E-state index in [1.54, 1.807) is 0 Å². The van der Waals surface area contributed by atoms with Crippen LogP contribution >= 0.6 is 11.5 Å². The van der Waals surface area contributed by atoms with Crippen LogP contribution in [0.2, 0.25) is 0 Å². The Morgan fingerprint density at radius 3 is 1.78 bits per heavy atom. The van der Waals surface area contributed by atoms with Crippen LogP contribution in [0.5, 0.6) is 0 Å². The Hall–Kier alpha value is -6.30. The van der Waals surface area contributed by atoms with Gasteiger partial charge in [-0.15, -0.1) is 10.2 Å². The van der Waals surface area contributed by atoms with Gasteiger partial charge < -0.3 is 0 Å². The van der Waals surface area contributed by atoms with E-state index in [1.165, 1.54) is 50.1 Å². The normalized spacial score (nSPS) is 11.9. The third kappa shape index (κ3) is 4.59. The summed E-state index contributed by atoms with van der Waals surface area (Å²) in [5.41, 5.74) is 16.3. The van der Waals surface area contributed by atoms with Crippen LogP contribution in [-0.2, 0) is 6.42 Å². The summed E-state index contributed by atoms with van der Waals surface area (Å²) < 4.78 is 5.12. The molecule has 0 bridgehead atoms. The van der Waals surface area contributed by atoms with Crippen molar-refractivity contribution >= 4 is 22.3 Å². The summed E-state index contributed by atoms with van der Waals surface area (Å²) in [4.78, 5) is 1.16. The summed E-state index contributed by atoms with van der Waals surface area (Å²) in [6.07, 6.45) is 0.949. The fourth-order valence-electron chi connectivity index (χ4n) is 7.65. The summed E-state index contributed by atoms with van der Waals surface area (Å²) in [7, 11) is 0. The van der Waals surface area contributed by atoms with E-state index in [-0.39, 0.29) is 0 Å². The van der Waals surface area contributed by atoms with Crippen molar-refractivity contribution in [2.75, 3.05) is 0 Å². The Morgan fingerprint density at radius 1 is 0.440 bits per heavy atom. The quantitative estimate of drug-likeness (QED) is 0.185. The molecule has 3 aliphatic rings. The van der Waals surface area contributed by atoms with E-state index in [9.17, 15) is 0 Å². The lowest BCUT2D eigenvalue weighted by atomic mass is 9.88. The highest BCUT2D eigenvalue weighted by Crippen LogP contribution is 2.48. The van der Waals surface area contributed by atoms with Crippen LogP contribution in [0, 0.1) is 0 Å².